The highest BCUT2D eigenvalue weighted by Crippen LogP contribution is 2.28. The zero-order chi connectivity index (χ0) is 27.9. The average Bonchev–Trinajstić information content (AvgIpc) is 2.92. The van der Waals surface area contributed by atoms with Crippen LogP contribution in [0.4, 0.5) is 0 Å². The van der Waals surface area contributed by atoms with Crippen LogP contribution in [0.3, 0.4) is 0 Å². The van der Waals surface area contributed by atoms with Crippen molar-refractivity contribution in [3.05, 3.63) is 0 Å². The normalized spacial score (nSPS) is 15.7. The van der Waals surface area contributed by atoms with Gasteiger partial charge in [0.1, 0.15) is 0 Å². The number of rotatable bonds is 14. The Morgan fingerprint density at radius 2 is 1.23 bits per heavy atom. The second kappa shape index (κ2) is 25.5. The van der Waals surface area contributed by atoms with Gasteiger partial charge in [-0.25, -0.2) is 0 Å². The molecule has 1 aliphatic heterocycles. The highest BCUT2D eigenvalue weighted by atomic mass is 15.2. The molecule has 1 unspecified atom stereocenters. The van der Waals surface area contributed by atoms with Crippen molar-refractivity contribution in [2.24, 2.45) is 5.41 Å². The standard InChI is InChI=1S/C22H47N3.C5H13N.2C2H6/c1-8-22(7,9-2)19-23-16-14-21(15-17-23)25(12-5)18-13-20(6)24(10-3)11-4;1-4-6(3)5-2;2*1-2/h20-21H,8-19H2,1-7H3;4-5H2,1-3H3;2*1-2H3. The Morgan fingerprint density at radius 1 is 0.771 bits per heavy atom. The van der Waals surface area contributed by atoms with Crippen molar-refractivity contribution < 1.29 is 0 Å². The van der Waals surface area contributed by atoms with Gasteiger partial charge in [-0.15, -0.1) is 0 Å². The van der Waals surface area contributed by atoms with Crippen molar-refractivity contribution in [1.29, 1.82) is 0 Å². The molecular weight excluding hydrogens is 428 g/mol. The van der Waals surface area contributed by atoms with Gasteiger partial charge in [-0.2, -0.15) is 0 Å². The second-order valence-corrected chi connectivity index (χ2v) is 10.0. The maximum atomic E-state index is 2.76. The smallest absolute Gasteiger partial charge is 0.0119 e. The van der Waals surface area contributed by atoms with E-state index >= 15 is 0 Å². The van der Waals surface area contributed by atoms with Gasteiger partial charge in [-0.05, 0) is 104 Å². The number of hydrogen-bond acceptors (Lipinski definition) is 4. The molecule has 0 bridgehead atoms. The second-order valence-electron chi connectivity index (χ2n) is 10.0. The van der Waals surface area contributed by atoms with Gasteiger partial charge >= 0.3 is 0 Å². The minimum atomic E-state index is 0.510. The molecule has 1 atom stereocenters. The van der Waals surface area contributed by atoms with Gasteiger partial charge in [0.25, 0.3) is 0 Å². The molecule has 4 heteroatoms. The first kappa shape index (κ1) is 39.4. The summed E-state index contributed by atoms with van der Waals surface area (Å²) in [5, 5.41) is 0. The Hall–Kier alpha value is -0.160. The Bertz CT molecular complexity index is 395. The van der Waals surface area contributed by atoms with Crippen molar-refractivity contribution in [3.63, 3.8) is 0 Å². The third kappa shape index (κ3) is 17.8. The first-order valence-electron chi connectivity index (χ1n) is 15.6. The van der Waals surface area contributed by atoms with Crippen LogP contribution in [0.15, 0.2) is 0 Å². The molecule has 0 saturated carbocycles. The van der Waals surface area contributed by atoms with E-state index in [1.807, 2.05) is 27.7 Å². The lowest BCUT2D eigenvalue weighted by atomic mass is 9.83. The van der Waals surface area contributed by atoms with E-state index in [0.29, 0.717) is 11.5 Å². The summed E-state index contributed by atoms with van der Waals surface area (Å²) < 4.78 is 0. The fourth-order valence-electron chi connectivity index (χ4n) is 4.66. The zero-order valence-corrected chi connectivity index (χ0v) is 27.3. The first-order chi connectivity index (χ1) is 16.7. The van der Waals surface area contributed by atoms with Gasteiger partial charge in [-0.1, -0.05) is 83.1 Å². The molecule has 1 fully saturated rings. The fourth-order valence-corrected chi connectivity index (χ4v) is 4.66. The third-order valence-electron chi connectivity index (χ3n) is 8.14. The number of piperidine rings is 1. The van der Waals surface area contributed by atoms with Crippen LogP contribution >= 0.6 is 0 Å². The lowest BCUT2D eigenvalue weighted by molar-refractivity contribution is 0.0745. The van der Waals surface area contributed by atoms with Crippen molar-refractivity contribution in [1.82, 2.24) is 19.6 Å². The lowest BCUT2D eigenvalue weighted by Gasteiger charge is -2.42. The molecule has 0 aromatic heterocycles. The highest BCUT2D eigenvalue weighted by molar-refractivity contribution is 4.84. The molecule has 1 heterocycles. The maximum Gasteiger partial charge on any atom is 0.0119 e. The van der Waals surface area contributed by atoms with Gasteiger partial charge < -0.3 is 19.6 Å². The minimum absolute atomic E-state index is 0.510. The molecule has 35 heavy (non-hydrogen) atoms. The van der Waals surface area contributed by atoms with Crippen LogP contribution in [0.5, 0.6) is 0 Å². The molecule has 216 valence electrons. The Balaban J connectivity index is -0.000000875. The van der Waals surface area contributed by atoms with Gasteiger partial charge in [0.2, 0.25) is 0 Å². The van der Waals surface area contributed by atoms with Crippen LogP contribution < -0.4 is 0 Å². The van der Waals surface area contributed by atoms with E-state index in [-0.39, 0.29) is 0 Å². The maximum absolute atomic E-state index is 2.76. The van der Waals surface area contributed by atoms with Crippen LogP contribution in [0.25, 0.3) is 0 Å². The topological polar surface area (TPSA) is 13.0 Å². The summed E-state index contributed by atoms with van der Waals surface area (Å²) in [6.45, 7) is 39.8. The summed E-state index contributed by atoms with van der Waals surface area (Å²) in [6, 6.07) is 1.51. The third-order valence-corrected chi connectivity index (χ3v) is 8.14. The van der Waals surface area contributed by atoms with Crippen LogP contribution in [0.2, 0.25) is 0 Å². The van der Waals surface area contributed by atoms with Gasteiger partial charge in [-0.3, -0.25) is 0 Å². The van der Waals surface area contributed by atoms with Crippen molar-refractivity contribution >= 4 is 0 Å². The van der Waals surface area contributed by atoms with Crippen LogP contribution in [0, 0.1) is 5.41 Å². The quantitative estimate of drug-likeness (QED) is 0.242. The molecule has 0 amide bonds. The molecule has 0 aliphatic carbocycles. The summed E-state index contributed by atoms with van der Waals surface area (Å²) in [7, 11) is 2.11. The van der Waals surface area contributed by atoms with Crippen molar-refractivity contribution in [2.75, 3.05) is 66.0 Å². The van der Waals surface area contributed by atoms with Crippen molar-refractivity contribution in [3.8, 4) is 0 Å². The number of nitrogens with zero attached hydrogens (tertiary/aromatic N) is 4. The average molecular weight is 501 g/mol. The monoisotopic (exact) mass is 501 g/mol. The molecule has 0 radical (unpaired) electrons. The van der Waals surface area contributed by atoms with E-state index in [2.05, 4.69) is 89.0 Å². The first-order valence-corrected chi connectivity index (χ1v) is 15.6. The predicted molar refractivity (Wildman–Crippen MR) is 164 cm³/mol. The number of likely N-dealkylation sites (tertiary alicyclic amines) is 1. The van der Waals surface area contributed by atoms with Crippen LogP contribution in [-0.2, 0) is 0 Å². The van der Waals surface area contributed by atoms with E-state index in [4.69, 9.17) is 0 Å². The van der Waals surface area contributed by atoms with Gasteiger partial charge in [0.15, 0.2) is 0 Å². The van der Waals surface area contributed by atoms with E-state index in [9.17, 15) is 0 Å². The summed E-state index contributed by atoms with van der Waals surface area (Å²) in [4.78, 5) is 10.3. The molecular formula is C31H72N4. The minimum Gasteiger partial charge on any atom is -0.307 e. The number of hydrogen-bond donors (Lipinski definition) is 0. The van der Waals surface area contributed by atoms with Crippen LogP contribution in [-0.4, -0.2) is 97.6 Å². The molecule has 4 nitrogen and oxygen atoms in total. The molecule has 0 spiro atoms. The van der Waals surface area contributed by atoms with E-state index < -0.39 is 0 Å². The summed E-state index contributed by atoms with van der Waals surface area (Å²) in [6.07, 6.45) is 6.62. The summed E-state index contributed by atoms with van der Waals surface area (Å²) >= 11 is 0. The molecule has 1 rings (SSSR count). The van der Waals surface area contributed by atoms with Crippen LogP contribution in [0.1, 0.15) is 122 Å². The Morgan fingerprint density at radius 3 is 1.54 bits per heavy atom. The van der Waals surface area contributed by atoms with Gasteiger partial charge in [0.05, 0.1) is 0 Å². The van der Waals surface area contributed by atoms with E-state index in [0.717, 1.165) is 19.1 Å². The largest absolute Gasteiger partial charge is 0.307 e. The van der Waals surface area contributed by atoms with Crippen molar-refractivity contribution in [2.45, 2.75) is 134 Å². The van der Waals surface area contributed by atoms with E-state index in [1.54, 1.807) is 0 Å². The highest BCUT2D eigenvalue weighted by Gasteiger charge is 2.28. The summed E-state index contributed by atoms with van der Waals surface area (Å²) in [5.41, 5.74) is 0.510. The zero-order valence-electron chi connectivity index (χ0n) is 27.3. The predicted octanol–water partition coefficient (Wildman–Crippen LogP) is 7.73. The Labute approximate surface area is 225 Å². The van der Waals surface area contributed by atoms with E-state index in [1.165, 1.54) is 77.9 Å². The molecule has 0 N–H and O–H groups in total. The van der Waals surface area contributed by atoms with Gasteiger partial charge in [0, 0.05) is 18.6 Å². The summed E-state index contributed by atoms with van der Waals surface area (Å²) in [5.74, 6) is 0. The molecule has 1 saturated heterocycles. The molecule has 0 aromatic carbocycles. The SMILES string of the molecule is CC.CC.CCN(C)CC.CCN(CC)C(C)CCN(CC)C1CCN(CC(C)(CC)CC)CC1. The lowest BCUT2D eigenvalue weighted by Crippen LogP contribution is -2.48. The fraction of sp³-hybridized carbons (Fsp3) is 1.00. The molecule has 0 aromatic rings. The molecule has 1 aliphatic rings. The Kier molecular flexibility index (Phi) is 28.7.